The smallest absolute Gasteiger partial charge is 0.258 e. The molecule has 5 nitrogen and oxygen atoms in total. The van der Waals surface area contributed by atoms with Gasteiger partial charge in [-0.05, 0) is 42.5 Å². The predicted molar refractivity (Wildman–Crippen MR) is 108 cm³/mol. The van der Waals surface area contributed by atoms with Gasteiger partial charge in [-0.1, -0.05) is 30.4 Å². The number of anilines is 1. The SMILES string of the molecule is CCCSc1ccccc1C(=O)Nc1nc2ccc(S(C)(=O)=O)cc2s1. The monoisotopic (exact) mass is 406 g/mol. The minimum absolute atomic E-state index is 0.216. The Hall–Kier alpha value is -1.90. The number of hydrogen-bond acceptors (Lipinski definition) is 6. The summed E-state index contributed by atoms with van der Waals surface area (Å²) in [6.45, 7) is 2.10. The Labute approximate surface area is 160 Å². The number of carbonyl (C=O) groups is 1. The van der Waals surface area contributed by atoms with E-state index in [-0.39, 0.29) is 10.8 Å². The van der Waals surface area contributed by atoms with Crippen LogP contribution in [0.15, 0.2) is 52.3 Å². The van der Waals surface area contributed by atoms with Gasteiger partial charge in [0.1, 0.15) is 0 Å². The molecule has 0 aliphatic rings. The summed E-state index contributed by atoms with van der Waals surface area (Å²) in [6, 6.07) is 12.3. The molecule has 0 spiro atoms. The van der Waals surface area contributed by atoms with Crippen molar-refractivity contribution in [2.75, 3.05) is 17.3 Å². The van der Waals surface area contributed by atoms with Crippen LogP contribution < -0.4 is 5.32 Å². The number of amides is 1. The molecule has 1 heterocycles. The van der Waals surface area contributed by atoms with Crippen molar-refractivity contribution in [1.29, 1.82) is 0 Å². The molecule has 0 aliphatic carbocycles. The van der Waals surface area contributed by atoms with Gasteiger partial charge in [0.25, 0.3) is 5.91 Å². The molecule has 0 saturated carbocycles. The summed E-state index contributed by atoms with van der Waals surface area (Å²) in [6.07, 6.45) is 2.20. The van der Waals surface area contributed by atoms with Crippen LogP contribution in [0.1, 0.15) is 23.7 Å². The molecule has 26 heavy (non-hydrogen) atoms. The number of sulfone groups is 1. The molecular formula is C18H18N2O3S3. The first kappa shape index (κ1) is 18.9. The average molecular weight is 407 g/mol. The molecule has 0 radical (unpaired) electrons. The zero-order valence-electron chi connectivity index (χ0n) is 14.4. The summed E-state index contributed by atoms with van der Waals surface area (Å²) in [5, 5.41) is 3.28. The highest BCUT2D eigenvalue weighted by Crippen LogP contribution is 2.29. The molecule has 3 rings (SSSR count). The Morgan fingerprint density at radius 3 is 2.73 bits per heavy atom. The molecule has 8 heteroatoms. The van der Waals surface area contributed by atoms with Crippen molar-refractivity contribution in [3.8, 4) is 0 Å². The van der Waals surface area contributed by atoms with Crippen LogP contribution in [0.5, 0.6) is 0 Å². The van der Waals surface area contributed by atoms with Gasteiger partial charge in [0.2, 0.25) is 0 Å². The Kier molecular flexibility index (Phi) is 5.64. The standard InChI is InChI=1S/C18H18N2O3S3/c1-3-10-24-15-7-5-4-6-13(15)17(21)20-18-19-14-9-8-12(26(2,22)23)11-16(14)25-18/h4-9,11H,3,10H2,1-2H3,(H,19,20,21). The van der Waals surface area contributed by atoms with E-state index < -0.39 is 9.84 Å². The van der Waals surface area contributed by atoms with Gasteiger partial charge in [0, 0.05) is 11.2 Å². The number of thioether (sulfide) groups is 1. The number of fused-ring (bicyclic) bond motifs is 1. The average Bonchev–Trinajstić information content (AvgIpc) is 3.00. The third-order valence-corrected chi connectivity index (χ3v) is 6.93. The fourth-order valence-electron chi connectivity index (χ4n) is 2.35. The fraction of sp³-hybridized carbons (Fsp3) is 0.222. The van der Waals surface area contributed by atoms with Crippen molar-refractivity contribution in [3.05, 3.63) is 48.0 Å². The normalized spacial score (nSPS) is 11.6. The summed E-state index contributed by atoms with van der Waals surface area (Å²) < 4.78 is 24.1. The summed E-state index contributed by atoms with van der Waals surface area (Å²) >= 11 is 2.91. The van der Waals surface area contributed by atoms with Crippen molar-refractivity contribution < 1.29 is 13.2 Å². The number of hydrogen-bond donors (Lipinski definition) is 1. The second-order valence-corrected chi connectivity index (χ2v) is 9.90. The molecule has 136 valence electrons. The maximum Gasteiger partial charge on any atom is 0.258 e. The van der Waals surface area contributed by atoms with E-state index in [1.165, 1.54) is 23.7 Å². The van der Waals surface area contributed by atoms with E-state index in [1.54, 1.807) is 30.0 Å². The Morgan fingerprint density at radius 1 is 1.23 bits per heavy atom. The van der Waals surface area contributed by atoms with Crippen LogP contribution in [0.2, 0.25) is 0 Å². The molecule has 1 N–H and O–H groups in total. The lowest BCUT2D eigenvalue weighted by Gasteiger charge is -2.07. The third-order valence-electron chi connectivity index (χ3n) is 3.60. The largest absolute Gasteiger partial charge is 0.298 e. The molecule has 0 saturated heterocycles. The van der Waals surface area contributed by atoms with Crippen LogP contribution in [0.3, 0.4) is 0 Å². The van der Waals surface area contributed by atoms with Crippen molar-refractivity contribution >= 4 is 54.2 Å². The van der Waals surface area contributed by atoms with Gasteiger partial charge in [-0.15, -0.1) is 11.8 Å². The molecule has 1 amide bonds. The Balaban J connectivity index is 1.86. The van der Waals surface area contributed by atoms with Crippen molar-refractivity contribution in [1.82, 2.24) is 4.98 Å². The number of carbonyl (C=O) groups excluding carboxylic acids is 1. The van der Waals surface area contributed by atoms with Crippen LogP contribution in [0.4, 0.5) is 5.13 Å². The van der Waals surface area contributed by atoms with Crippen LogP contribution in [-0.4, -0.2) is 31.3 Å². The maximum absolute atomic E-state index is 12.6. The zero-order chi connectivity index (χ0) is 18.7. The number of aromatic nitrogens is 1. The Morgan fingerprint density at radius 2 is 2.00 bits per heavy atom. The number of nitrogens with zero attached hydrogens (tertiary/aromatic N) is 1. The van der Waals surface area contributed by atoms with Crippen molar-refractivity contribution in [2.45, 2.75) is 23.1 Å². The highest BCUT2D eigenvalue weighted by Gasteiger charge is 2.15. The van der Waals surface area contributed by atoms with Crippen LogP contribution >= 0.6 is 23.1 Å². The first-order chi connectivity index (χ1) is 12.4. The lowest BCUT2D eigenvalue weighted by molar-refractivity contribution is 0.102. The van der Waals surface area contributed by atoms with Crippen molar-refractivity contribution in [3.63, 3.8) is 0 Å². The molecular weight excluding hydrogens is 388 g/mol. The topological polar surface area (TPSA) is 76.1 Å². The molecule has 0 bridgehead atoms. The van der Waals surface area contributed by atoms with Gasteiger partial charge >= 0.3 is 0 Å². The van der Waals surface area contributed by atoms with Gasteiger partial charge < -0.3 is 0 Å². The van der Waals surface area contributed by atoms with E-state index >= 15 is 0 Å². The molecule has 2 aromatic carbocycles. The van der Waals surface area contributed by atoms with Crippen molar-refractivity contribution in [2.24, 2.45) is 0 Å². The van der Waals surface area contributed by atoms with E-state index in [9.17, 15) is 13.2 Å². The third kappa shape index (κ3) is 4.25. The lowest BCUT2D eigenvalue weighted by atomic mass is 10.2. The molecule has 3 aromatic rings. The number of rotatable bonds is 6. The predicted octanol–water partition coefficient (Wildman–Crippen LogP) is 4.45. The van der Waals surface area contributed by atoms with Crippen LogP contribution in [0.25, 0.3) is 10.2 Å². The zero-order valence-corrected chi connectivity index (χ0v) is 16.8. The lowest BCUT2D eigenvalue weighted by Crippen LogP contribution is -2.12. The summed E-state index contributed by atoms with van der Waals surface area (Å²) in [5.74, 6) is 0.728. The van der Waals surface area contributed by atoms with Gasteiger partial charge in [-0.25, -0.2) is 13.4 Å². The van der Waals surface area contributed by atoms with Gasteiger partial charge in [-0.3, -0.25) is 10.1 Å². The second-order valence-electron chi connectivity index (χ2n) is 5.72. The molecule has 0 fully saturated rings. The quantitative estimate of drug-likeness (QED) is 0.612. The van der Waals surface area contributed by atoms with Crippen LogP contribution in [0, 0.1) is 0 Å². The minimum atomic E-state index is -3.28. The minimum Gasteiger partial charge on any atom is -0.298 e. The summed E-state index contributed by atoms with van der Waals surface area (Å²) in [4.78, 5) is 18.2. The van der Waals surface area contributed by atoms with E-state index in [4.69, 9.17) is 0 Å². The van der Waals surface area contributed by atoms with Gasteiger partial charge in [-0.2, -0.15) is 0 Å². The number of nitrogens with one attached hydrogen (secondary N) is 1. The van der Waals surface area contributed by atoms with E-state index in [0.717, 1.165) is 21.8 Å². The Bertz CT molecular complexity index is 1060. The molecule has 1 aromatic heterocycles. The molecule has 0 unspecified atom stereocenters. The summed E-state index contributed by atoms with van der Waals surface area (Å²) in [7, 11) is -3.28. The van der Waals surface area contributed by atoms with E-state index in [2.05, 4.69) is 17.2 Å². The van der Waals surface area contributed by atoms with E-state index in [0.29, 0.717) is 16.2 Å². The number of benzene rings is 2. The van der Waals surface area contributed by atoms with E-state index in [1.807, 2.05) is 18.2 Å². The van der Waals surface area contributed by atoms with Crippen LogP contribution in [-0.2, 0) is 9.84 Å². The van der Waals surface area contributed by atoms with Gasteiger partial charge in [0.15, 0.2) is 15.0 Å². The maximum atomic E-state index is 12.6. The molecule has 0 aliphatic heterocycles. The second kappa shape index (κ2) is 7.77. The number of thiazole rings is 1. The first-order valence-corrected chi connectivity index (χ1v) is 11.7. The van der Waals surface area contributed by atoms with Gasteiger partial charge in [0.05, 0.1) is 20.7 Å². The highest BCUT2D eigenvalue weighted by atomic mass is 32.2. The summed E-state index contributed by atoms with van der Waals surface area (Å²) in [5.41, 5.74) is 1.27. The molecule has 0 atom stereocenters. The fourth-order valence-corrected chi connectivity index (χ4v) is 4.88. The highest BCUT2D eigenvalue weighted by molar-refractivity contribution is 7.99. The first-order valence-electron chi connectivity index (χ1n) is 8.02.